The van der Waals surface area contributed by atoms with Gasteiger partial charge in [-0.05, 0) is 13.0 Å². The first-order valence-corrected chi connectivity index (χ1v) is 3.76. The van der Waals surface area contributed by atoms with E-state index in [4.69, 9.17) is 5.73 Å². The summed E-state index contributed by atoms with van der Waals surface area (Å²) in [5, 5.41) is 3.06. The molecule has 0 heterocycles. The van der Waals surface area contributed by atoms with Gasteiger partial charge in [0.05, 0.1) is 0 Å². The van der Waals surface area contributed by atoms with Gasteiger partial charge in [-0.15, -0.1) is 0 Å². The lowest BCUT2D eigenvalue weighted by atomic mass is 10.2. The van der Waals surface area contributed by atoms with Gasteiger partial charge < -0.3 is 5.73 Å². The number of rotatable bonds is 5. The third-order valence-electron chi connectivity index (χ3n) is 1.20. The van der Waals surface area contributed by atoms with Gasteiger partial charge in [0.25, 0.3) is 0 Å². The van der Waals surface area contributed by atoms with E-state index in [2.05, 4.69) is 31.1 Å². The van der Waals surface area contributed by atoms with E-state index in [1.54, 1.807) is 0 Å². The lowest BCUT2D eigenvalue weighted by Crippen LogP contribution is -2.36. The molecule has 0 atom stereocenters. The standard InChI is InChI=1S/C7H19N3/c1-7(2)4-10(3)6-9-5-8/h7,9H,4-6,8H2,1-3H3. The summed E-state index contributed by atoms with van der Waals surface area (Å²) in [4.78, 5) is 2.22. The van der Waals surface area contributed by atoms with Crippen molar-refractivity contribution in [2.75, 3.05) is 26.9 Å². The molecule has 0 rings (SSSR count). The minimum Gasteiger partial charge on any atom is -0.318 e. The Morgan fingerprint density at radius 1 is 1.50 bits per heavy atom. The monoisotopic (exact) mass is 145 g/mol. The third kappa shape index (κ3) is 6.01. The van der Waals surface area contributed by atoms with E-state index in [9.17, 15) is 0 Å². The van der Waals surface area contributed by atoms with E-state index in [0.29, 0.717) is 6.67 Å². The summed E-state index contributed by atoms with van der Waals surface area (Å²) in [6.45, 7) is 6.97. The van der Waals surface area contributed by atoms with Gasteiger partial charge in [-0.25, -0.2) is 0 Å². The molecule has 62 valence electrons. The topological polar surface area (TPSA) is 41.3 Å². The Balaban J connectivity index is 3.16. The number of hydrogen-bond donors (Lipinski definition) is 2. The summed E-state index contributed by atoms with van der Waals surface area (Å²) in [6, 6.07) is 0. The molecule has 0 aliphatic rings. The van der Waals surface area contributed by atoms with Gasteiger partial charge >= 0.3 is 0 Å². The van der Waals surface area contributed by atoms with Gasteiger partial charge in [0.15, 0.2) is 0 Å². The highest BCUT2D eigenvalue weighted by atomic mass is 15.2. The van der Waals surface area contributed by atoms with Crippen LogP contribution in [0.15, 0.2) is 0 Å². The molecule has 0 aromatic carbocycles. The number of nitrogens with two attached hydrogens (primary N) is 1. The summed E-state index contributed by atoms with van der Waals surface area (Å²) < 4.78 is 0. The van der Waals surface area contributed by atoms with Crippen LogP contribution in [-0.4, -0.2) is 31.8 Å². The van der Waals surface area contributed by atoms with Crippen molar-refractivity contribution in [3.63, 3.8) is 0 Å². The molecular formula is C7H19N3. The Kier molecular flexibility index (Phi) is 5.58. The molecule has 0 saturated carbocycles. The molecule has 0 radical (unpaired) electrons. The van der Waals surface area contributed by atoms with Gasteiger partial charge in [-0.2, -0.15) is 0 Å². The second-order valence-corrected chi connectivity index (χ2v) is 3.04. The van der Waals surface area contributed by atoms with E-state index in [0.717, 1.165) is 19.1 Å². The van der Waals surface area contributed by atoms with Crippen LogP contribution < -0.4 is 11.1 Å². The van der Waals surface area contributed by atoms with Crippen LogP contribution in [0.3, 0.4) is 0 Å². The first-order valence-electron chi connectivity index (χ1n) is 3.76. The van der Waals surface area contributed by atoms with Crippen molar-refractivity contribution in [2.45, 2.75) is 13.8 Å². The zero-order valence-electron chi connectivity index (χ0n) is 7.22. The van der Waals surface area contributed by atoms with Crippen molar-refractivity contribution in [3.8, 4) is 0 Å². The second kappa shape index (κ2) is 5.65. The molecule has 0 aromatic rings. The maximum absolute atomic E-state index is 5.27. The molecule has 0 amide bonds. The molecule has 3 heteroatoms. The predicted molar refractivity (Wildman–Crippen MR) is 44.5 cm³/mol. The fourth-order valence-corrected chi connectivity index (χ4v) is 0.943. The van der Waals surface area contributed by atoms with E-state index in [1.807, 2.05) is 0 Å². The minimum atomic E-state index is 0.558. The van der Waals surface area contributed by atoms with Crippen molar-refractivity contribution >= 4 is 0 Å². The lowest BCUT2D eigenvalue weighted by Gasteiger charge is -2.18. The molecule has 0 aliphatic carbocycles. The summed E-state index contributed by atoms with van der Waals surface area (Å²) in [7, 11) is 2.09. The number of hydrogen-bond acceptors (Lipinski definition) is 3. The Labute approximate surface area is 63.6 Å². The Bertz CT molecular complexity index is 73.3. The van der Waals surface area contributed by atoms with E-state index in [-0.39, 0.29) is 0 Å². The Hall–Kier alpha value is -0.120. The van der Waals surface area contributed by atoms with Crippen LogP contribution in [0, 0.1) is 5.92 Å². The molecule has 0 unspecified atom stereocenters. The number of nitrogens with one attached hydrogen (secondary N) is 1. The Morgan fingerprint density at radius 2 is 2.10 bits per heavy atom. The summed E-state index contributed by atoms with van der Waals surface area (Å²) in [5.74, 6) is 0.726. The molecule has 0 spiro atoms. The van der Waals surface area contributed by atoms with Gasteiger partial charge in [-0.1, -0.05) is 13.8 Å². The van der Waals surface area contributed by atoms with Crippen LogP contribution in [0.4, 0.5) is 0 Å². The van der Waals surface area contributed by atoms with Crippen LogP contribution in [0.1, 0.15) is 13.8 Å². The first kappa shape index (κ1) is 9.88. The molecule has 0 saturated heterocycles. The predicted octanol–water partition coefficient (Wildman–Crippen LogP) is 0.0375. The van der Waals surface area contributed by atoms with Crippen LogP contribution in [0.25, 0.3) is 0 Å². The summed E-state index contributed by atoms with van der Waals surface area (Å²) in [6.07, 6.45) is 0. The average Bonchev–Trinajstić information content (AvgIpc) is 1.82. The molecule has 0 aromatic heterocycles. The van der Waals surface area contributed by atoms with Crippen molar-refractivity contribution in [1.82, 2.24) is 10.2 Å². The summed E-state index contributed by atoms with van der Waals surface area (Å²) in [5.41, 5.74) is 5.27. The van der Waals surface area contributed by atoms with Crippen LogP contribution in [0.2, 0.25) is 0 Å². The molecule has 0 fully saturated rings. The third-order valence-corrected chi connectivity index (χ3v) is 1.20. The first-order chi connectivity index (χ1) is 4.66. The van der Waals surface area contributed by atoms with Crippen molar-refractivity contribution < 1.29 is 0 Å². The van der Waals surface area contributed by atoms with E-state index >= 15 is 0 Å². The Morgan fingerprint density at radius 3 is 2.50 bits per heavy atom. The highest BCUT2D eigenvalue weighted by Crippen LogP contribution is 1.92. The highest BCUT2D eigenvalue weighted by molar-refractivity contribution is 4.51. The number of nitrogens with zero attached hydrogens (tertiary/aromatic N) is 1. The molecular weight excluding hydrogens is 126 g/mol. The van der Waals surface area contributed by atoms with Crippen molar-refractivity contribution in [1.29, 1.82) is 0 Å². The molecule has 10 heavy (non-hydrogen) atoms. The molecule has 0 aliphatic heterocycles. The normalized spacial score (nSPS) is 11.4. The highest BCUT2D eigenvalue weighted by Gasteiger charge is 1.98. The van der Waals surface area contributed by atoms with Gasteiger partial charge in [0.2, 0.25) is 0 Å². The summed E-state index contributed by atoms with van der Waals surface area (Å²) >= 11 is 0. The smallest absolute Gasteiger partial charge is 0.0487 e. The van der Waals surface area contributed by atoms with Crippen molar-refractivity contribution in [2.24, 2.45) is 11.7 Å². The molecule has 3 nitrogen and oxygen atoms in total. The fraction of sp³-hybridized carbons (Fsp3) is 1.00. The largest absolute Gasteiger partial charge is 0.318 e. The van der Waals surface area contributed by atoms with Crippen molar-refractivity contribution in [3.05, 3.63) is 0 Å². The quantitative estimate of drug-likeness (QED) is 0.537. The lowest BCUT2D eigenvalue weighted by molar-refractivity contribution is 0.275. The van der Waals surface area contributed by atoms with E-state index in [1.165, 1.54) is 0 Å². The fourth-order valence-electron chi connectivity index (χ4n) is 0.943. The van der Waals surface area contributed by atoms with Gasteiger partial charge in [0, 0.05) is 19.9 Å². The maximum atomic E-state index is 5.27. The second-order valence-electron chi connectivity index (χ2n) is 3.04. The van der Waals surface area contributed by atoms with Crippen LogP contribution in [-0.2, 0) is 0 Å². The van der Waals surface area contributed by atoms with E-state index < -0.39 is 0 Å². The SMILES string of the molecule is CC(C)CN(C)CNCN. The van der Waals surface area contributed by atoms with Crippen LogP contribution in [0.5, 0.6) is 0 Å². The molecule has 0 bridgehead atoms. The zero-order valence-corrected chi connectivity index (χ0v) is 7.22. The maximum Gasteiger partial charge on any atom is 0.0487 e. The minimum absolute atomic E-state index is 0.558. The average molecular weight is 145 g/mol. The van der Waals surface area contributed by atoms with Crippen LogP contribution >= 0.6 is 0 Å². The van der Waals surface area contributed by atoms with Gasteiger partial charge in [0.1, 0.15) is 0 Å². The zero-order chi connectivity index (χ0) is 7.98. The molecule has 3 N–H and O–H groups in total. The van der Waals surface area contributed by atoms with Gasteiger partial charge in [-0.3, -0.25) is 10.2 Å².